The summed E-state index contributed by atoms with van der Waals surface area (Å²) in [4.78, 5) is 22.1. The highest BCUT2D eigenvalue weighted by Crippen LogP contribution is 2.32. The highest BCUT2D eigenvalue weighted by molar-refractivity contribution is 6.32. The van der Waals surface area contributed by atoms with Crippen molar-refractivity contribution in [2.24, 2.45) is 0 Å². The molecule has 0 aliphatic carbocycles. The Labute approximate surface area is 99.4 Å². The first kappa shape index (κ1) is 12.7. The quantitative estimate of drug-likeness (QED) is 0.462. The van der Waals surface area contributed by atoms with Gasteiger partial charge in [-0.15, -0.1) is 0 Å². The molecule has 0 spiro atoms. The maximum Gasteiger partial charge on any atom is 0.173 e. The van der Waals surface area contributed by atoms with Crippen molar-refractivity contribution in [2.45, 2.75) is 20.3 Å². The third kappa shape index (κ3) is 2.25. The summed E-state index contributed by atoms with van der Waals surface area (Å²) in [7, 11) is 1.49. The monoisotopic (exact) mass is 240 g/mol. The maximum absolute atomic E-state index is 11.7. The normalized spacial score (nSPS) is 10.0. The van der Waals surface area contributed by atoms with Crippen molar-refractivity contribution in [3.05, 3.63) is 27.8 Å². The van der Waals surface area contributed by atoms with Crippen LogP contribution in [-0.2, 0) is 4.79 Å². The predicted octanol–water partition coefficient (Wildman–Crippen LogP) is 2.74. The molecule has 0 radical (unpaired) electrons. The van der Waals surface area contributed by atoms with Gasteiger partial charge in [0.15, 0.2) is 5.78 Å². The van der Waals surface area contributed by atoms with E-state index in [9.17, 15) is 9.59 Å². The van der Waals surface area contributed by atoms with Crippen molar-refractivity contribution in [1.82, 2.24) is 0 Å². The number of benzene rings is 1. The molecule has 0 aliphatic rings. The lowest BCUT2D eigenvalue weighted by Crippen LogP contribution is -2.06. The average molecular weight is 241 g/mol. The number of halogens is 1. The van der Waals surface area contributed by atoms with Crippen molar-refractivity contribution in [3.63, 3.8) is 0 Å². The molecule has 4 heteroatoms. The summed E-state index contributed by atoms with van der Waals surface area (Å²) in [6.07, 6.45) is 0.422. The van der Waals surface area contributed by atoms with Gasteiger partial charge >= 0.3 is 0 Å². The molecule has 0 aliphatic heterocycles. The minimum Gasteiger partial charge on any atom is -0.496 e. The number of hydrogen-bond donors (Lipinski definition) is 0. The lowest BCUT2D eigenvalue weighted by molar-refractivity contribution is -0.107. The van der Waals surface area contributed by atoms with E-state index in [-0.39, 0.29) is 12.2 Å². The number of ether oxygens (including phenoxy) is 1. The summed E-state index contributed by atoms with van der Waals surface area (Å²) in [5.74, 6) is 0.192. The smallest absolute Gasteiger partial charge is 0.173 e. The SMILES string of the molecule is COc1cc(C)c(Cl)c(C)c1C(=O)CC=O. The molecule has 0 bridgehead atoms. The molecule has 0 aromatic heterocycles. The lowest BCUT2D eigenvalue weighted by atomic mass is 9.99. The number of ketones is 1. The maximum atomic E-state index is 11.7. The number of carbonyl (C=O) groups is 2. The number of hydrogen-bond acceptors (Lipinski definition) is 3. The topological polar surface area (TPSA) is 43.4 Å². The Kier molecular flexibility index (Phi) is 4.07. The highest BCUT2D eigenvalue weighted by atomic mass is 35.5. The third-order valence-electron chi connectivity index (χ3n) is 2.41. The van der Waals surface area contributed by atoms with Gasteiger partial charge in [0.05, 0.1) is 19.1 Å². The van der Waals surface area contributed by atoms with Crippen molar-refractivity contribution >= 4 is 23.7 Å². The molecule has 0 heterocycles. The Bertz CT molecular complexity index is 438. The van der Waals surface area contributed by atoms with Gasteiger partial charge in [0.25, 0.3) is 0 Å². The fourth-order valence-electron chi connectivity index (χ4n) is 1.61. The van der Waals surface area contributed by atoms with Crippen LogP contribution in [0.15, 0.2) is 6.07 Å². The highest BCUT2D eigenvalue weighted by Gasteiger charge is 2.18. The number of methoxy groups -OCH3 is 1. The molecule has 0 amide bonds. The van der Waals surface area contributed by atoms with E-state index >= 15 is 0 Å². The van der Waals surface area contributed by atoms with Gasteiger partial charge in [-0.2, -0.15) is 0 Å². The van der Waals surface area contributed by atoms with E-state index in [0.717, 1.165) is 5.56 Å². The standard InChI is InChI=1S/C12H13ClO3/c1-7-6-10(16-3)11(8(2)12(7)13)9(15)4-5-14/h5-6H,4H2,1-3H3. The molecule has 1 aromatic rings. The van der Waals surface area contributed by atoms with Gasteiger partial charge in [-0.05, 0) is 31.0 Å². The van der Waals surface area contributed by atoms with Crippen molar-refractivity contribution in [2.75, 3.05) is 7.11 Å². The van der Waals surface area contributed by atoms with E-state index in [1.807, 2.05) is 6.92 Å². The van der Waals surface area contributed by atoms with E-state index in [1.165, 1.54) is 7.11 Å². The van der Waals surface area contributed by atoms with E-state index in [1.54, 1.807) is 13.0 Å². The van der Waals surface area contributed by atoms with Gasteiger partial charge < -0.3 is 9.53 Å². The van der Waals surface area contributed by atoms with E-state index in [0.29, 0.717) is 28.2 Å². The fourth-order valence-corrected chi connectivity index (χ4v) is 1.76. The van der Waals surface area contributed by atoms with Crippen LogP contribution >= 0.6 is 11.6 Å². The molecule has 0 saturated heterocycles. The molecule has 1 aromatic carbocycles. The molecule has 0 atom stereocenters. The Hall–Kier alpha value is -1.35. The Balaban J connectivity index is 3.40. The Morgan fingerprint density at radius 2 is 2.12 bits per heavy atom. The fraction of sp³-hybridized carbons (Fsp3) is 0.333. The third-order valence-corrected chi connectivity index (χ3v) is 2.99. The van der Waals surface area contributed by atoms with Crippen LogP contribution in [0, 0.1) is 13.8 Å². The first-order valence-corrected chi connectivity index (χ1v) is 5.21. The first-order valence-electron chi connectivity index (χ1n) is 4.83. The lowest BCUT2D eigenvalue weighted by Gasteiger charge is -2.13. The zero-order valence-corrected chi connectivity index (χ0v) is 10.2. The molecule has 0 unspecified atom stereocenters. The minimum atomic E-state index is -0.272. The van der Waals surface area contributed by atoms with Crippen LogP contribution in [0.2, 0.25) is 5.02 Å². The van der Waals surface area contributed by atoms with Crippen LogP contribution in [0.3, 0.4) is 0 Å². The first-order chi connectivity index (χ1) is 7.52. The van der Waals surface area contributed by atoms with Crippen LogP contribution in [0.25, 0.3) is 0 Å². The van der Waals surface area contributed by atoms with Gasteiger partial charge in [0.2, 0.25) is 0 Å². The molecule has 0 fully saturated rings. The van der Waals surface area contributed by atoms with Crippen LogP contribution in [0.5, 0.6) is 5.75 Å². The van der Waals surface area contributed by atoms with Gasteiger partial charge in [0, 0.05) is 5.02 Å². The van der Waals surface area contributed by atoms with E-state index in [4.69, 9.17) is 16.3 Å². The summed E-state index contributed by atoms with van der Waals surface area (Å²) in [5.41, 5.74) is 1.90. The number of aryl methyl sites for hydroxylation is 1. The largest absolute Gasteiger partial charge is 0.496 e. The second-order valence-electron chi connectivity index (χ2n) is 3.50. The van der Waals surface area contributed by atoms with Crippen molar-refractivity contribution in [3.8, 4) is 5.75 Å². The number of Topliss-reactive ketones (excluding diaryl/α,β-unsaturated/α-hetero) is 1. The second-order valence-corrected chi connectivity index (χ2v) is 3.88. The zero-order valence-electron chi connectivity index (χ0n) is 9.46. The van der Waals surface area contributed by atoms with Crippen LogP contribution in [-0.4, -0.2) is 19.2 Å². The van der Waals surface area contributed by atoms with Crippen molar-refractivity contribution < 1.29 is 14.3 Å². The molecule has 0 N–H and O–H groups in total. The summed E-state index contributed by atoms with van der Waals surface area (Å²) in [6.45, 7) is 3.59. The average Bonchev–Trinajstić information content (AvgIpc) is 2.25. The van der Waals surface area contributed by atoms with Crippen LogP contribution in [0.1, 0.15) is 27.9 Å². The molecule has 0 saturated carbocycles. The zero-order chi connectivity index (χ0) is 12.3. The van der Waals surface area contributed by atoms with Crippen molar-refractivity contribution in [1.29, 1.82) is 0 Å². The minimum absolute atomic E-state index is 0.156. The molecule has 86 valence electrons. The van der Waals surface area contributed by atoms with E-state index in [2.05, 4.69) is 0 Å². The summed E-state index contributed by atoms with van der Waals surface area (Å²) < 4.78 is 5.13. The molecule has 16 heavy (non-hydrogen) atoms. The summed E-state index contributed by atoms with van der Waals surface area (Å²) >= 11 is 6.06. The van der Waals surface area contributed by atoms with E-state index < -0.39 is 0 Å². The molecule has 3 nitrogen and oxygen atoms in total. The molecule has 1 rings (SSSR count). The number of carbonyl (C=O) groups excluding carboxylic acids is 2. The predicted molar refractivity (Wildman–Crippen MR) is 62.5 cm³/mol. The summed E-state index contributed by atoms with van der Waals surface area (Å²) in [6, 6.07) is 1.70. The van der Waals surface area contributed by atoms with Gasteiger partial charge in [-0.3, -0.25) is 4.79 Å². The van der Waals surface area contributed by atoms with Gasteiger partial charge in [-0.1, -0.05) is 11.6 Å². The van der Waals surface area contributed by atoms with Crippen LogP contribution < -0.4 is 4.74 Å². The summed E-state index contributed by atoms with van der Waals surface area (Å²) in [5, 5.41) is 0.537. The van der Waals surface area contributed by atoms with Gasteiger partial charge in [-0.25, -0.2) is 0 Å². The molecular weight excluding hydrogens is 228 g/mol. The second kappa shape index (κ2) is 5.12. The van der Waals surface area contributed by atoms with Gasteiger partial charge in [0.1, 0.15) is 12.0 Å². The number of aldehydes is 1. The molecular formula is C12H13ClO3. The Morgan fingerprint density at radius 3 is 2.62 bits per heavy atom. The Morgan fingerprint density at radius 1 is 1.50 bits per heavy atom. The number of rotatable bonds is 4. The van der Waals surface area contributed by atoms with Crippen LogP contribution in [0.4, 0.5) is 0 Å².